The molecule has 0 aliphatic heterocycles. The molecule has 0 aliphatic carbocycles. The van der Waals surface area contributed by atoms with Crippen molar-refractivity contribution < 1.29 is 4.79 Å². The summed E-state index contributed by atoms with van der Waals surface area (Å²) in [7, 11) is 0. The number of hydrogen-bond acceptors (Lipinski definition) is 4. The average Bonchev–Trinajstić information content (AvgIpc) is 3.20. The van der Waals surface area contributed by atoms with Crippen LogP contribution in [0.4, 0.5) is 0 Å². The molecule has 0 radical (unpaired) electrons. The number of rotatable bonds is 9. The number of hydrogen-bond donors (Lipinski definition) is 1. The van der Waals surface area contributed by atoms with Crippen molar-refractivity contribution in [3.63, 3.8) is 0 Å². The number of carbonyl (C=O) groups is 1. The molecular weight excluding hydrogens is 368 g/mol. The minimum atomic E-state index is 0.0979. The molecule has 0 saturated carbocycles. The maximum absolute atomic E-state index is 12.9. The standard InChI is InChI=1S/C22H26N4OS/c1-17(2)21-23-22(25-24-21)28-16-20(27)26(15-19-11-7-4-8-12-19)14-13-18-9-5-3-6-10-18/h3-12,17H,13-16H2,1-2H3,(H,23,24,25). The van der Waals surface area contributed by atoms with Gasteiger partial charge in [0.25, 0.3) is 0 Å². The van der Waals surface area contributed by atoms with Crippen LogP contribution >= 0.6 is 11.8 Å². The fourth-order valence-electron chi connectivity index (χ4n) is 2.80. The van der Waals surface area contributed by atoms with Crippen molar-refractivity contribution in [1.29, 1.82) is 0 Å². The zero-order valence-electron chi connectivity index (χ0n) is 16.3. The van der Waals surface area contributed by atoms with Crippen LogP contribution in [0, 0.1) is 0 Å². The minimum absolute atomic E-state index is 0.0979. The van der Waals surface area contributed by atoms with E-state index in [0.29, 0.717) is 24.0 Å². The van der Waals surface area contributed by atoms with Crippen LogP contribution in [-0.2, 0) is 17.8 Å². The van der Waals surface area contributed by atoms with Crippen LogP contribution in [0.25, 0.3) is 0 Å². The summed E-state index contributed by atoms with van der Waals surface area (Å²) in [6, 6.07) is 20.4. The molecule has 0 saturated heterocycles. The first kappa shape index (κ1) is 20.1. The van der Waals surface area contributed by atoms with E-state index < -0.39 is 0 Å². The van der Waals surface area contributed by atoms with Gasteiger partial charge in [0, 0.05) is 19.0 Å². The molecule has 1 amide bonds. The zero-order valence-corrected chi connectivity index (χ0v) is 17.2. The highest BCUT2D eigenvalue weighted by molar-refractivity contribution is 7.99. The smallest absolute Gasteiger partial charge is 0.233 e. The van der Waals surface area contributed by atoms with Crippen molar-refractivity contribution in [2.24, 2.45) is 0 Å². The lowest BCUT2D eigenvalue weighted by molar-refractivity contribution is -0.128. The van der Waals surface area contributed by atoms with Gasteiger partial charge in [-0.1, -0.05) is 86.3 Å². The molecule has 1 aromatic heterocycles. The van der Waals surface area contributed by atoms with Gasteiger partial charge in [-0.05, 0) is 17.5 Å². The second-order valence-electron chi connectivity index (χ2n) is 6.98. The first-order chi connectivity index (χ1) is 13.6. The van der Waals surface area contributed by atoms with Crippen LogP contribution in [0.15, 0.2) is 65.8 Å². The molecule has 1 heterocycles. The fraction of sp³-hybridized carbons (Fsp3) is 0.318. The molecule has 0 unspecified atom stereocenters. The number of H-pyrrole nitrogens is 1. The summed E-state index contributed by atoms with van der Waals surface area (Å²) in [4.78, 5) is 19.3. The largest absolute Gasteiger partial charge is 0.337 e. The number of aromatic nitrogens is 3. The summed E-state index contributed by atoms with van der Waals surface area (Å²) in [5.74, 6) is 1.57. The summed E-state index contributed by atoms with van der Waals surface area (Å²) >= 11 is 1.38. The van der Waals surface area contributed by atoms with Crippen molar-refractivity contribution in [3.8, 4) is 0 Å². The lowest BCUT2D eigenvalue weighted by Gasteiger charge is -2.23. The predicted octanol–water partition coefficient (Wildman–Crippen LogP) is 4.29. The number of carbonyl (C=O) groups excluding carboxylic acids is 1. The molecule has 28 heavy (non-hydrogen) atoms. The predicted molar refractivity (Wildman–Crippen MR) is 113 cm³/mol. The summed E-state index contributed by atoms with van der Waals surface area (Å²) in [6.07, 6.45) is 0.836. The monoisotopic (exact) mass is 394 g/mol. The molecule has 146 valence electrons. The van der Waals surface area contributed by atoms with Gasteiger partial charge >= 0.3 is 0 Å². The van der Waals surface area contributed by atoms with Gasteiger partial charge in [0.05, 0.1) is 5.75 Å². The number of nitrogens with zero attached hydrogens (tertiary/aromatic N) is 3. The van der Waals surface area contributed by atoms with E-state index >= 15 is 0 Å². The lowest BCUT2D eigenvalue weighted by atomic mass is 10.1. The molecule has 3 aromatic rings. The Hall–Kier alpha value is -2.60. The third kappa shape index (κ3) is 5.96. The van der Waals surface area contributed by atoms with Crippen molar-refractivity contribution in [2.75, 3.05) is 12.3 Å². The Kier molecular flexibility index (Phi) is 7.25. The van der Waals surface area contributed by atoms with Crippen molar-refractivity contribution >= 4 is 17.7 Å². The Balaban J connectivity index is 1.62. The lowest BCUT2D eigenvalue weighted by Crippen LogP contribution is -2.33. The van der Waals surface area contributed by atoms with E-state index in [1.165, 1.54) is 17.3 Å². The Morgan fingerprint density at radius 2 is 1.68 bits per heavy atom. The van der Waals surface area contributed by atoms with E-state index in [1.807, 2.05) is 41.3 Å². The second-order valence-corrected chi connectivity index (χ2v) is 7.93. The molecular formula is C22H26N4OS. The van der Waals surface area contributed by atoms with Crippen molar-refractivity contribution in [3.05, 3.63) is 77.6 Å². The molecule has 6 heteroatoms. The van der Waals surface area contributed by atoms with E-state index in [4.69, 9.17) is 0 Å². The molecule has 0 fully saturated rings. The molecule has 0 bridgehead atoms. The Labute approximate surface area is 170 Å². The number of benzene rings is 2. The first-order valence-corrected chi connectivity index (χ1v) is 10.5. The molecule has 5 nitrogen and oxygen atoms in total. The Bertz CT molecular complexity index is 865. The summed E-state index contributed by atoms with van der Waals surface area (Å²) < 4.78 is 0. The Morgan fingerprint density at radius 1 is 1.04 bits per heavy atom. The number of thioether (sulfide) groups is 1. The highest BCUT2D eigenvalue weighted by atomic mass is 32.2. The van der Waals surface area contributed by atoms with Gasteiger partial charge < -0.3 is 4.90 Å². The molecule has 1 N–H and O–H groups in total. The van der Waals surface area contributed by atoms with Gasteiger partial charge in [-0.15, -0.1) is 5.10 Å². The van der Waals surface area contributed by atoms with Gasteiger partial charge in [0.2, 0.25) is 11.1 Å². The van der Waals surface area contributed by atoms with E-state index in [9.17, 15) is 4.79 Å². The van der Waals surface area contributed by atoms with E-state index in [0.717, 1.165) is 17.8 Å². The van der Waals surface area contributed by atoms with Crippen LogP contribution in [0.2, 0.25) is 0 Å². The SMILES string of the molecule is CC(C)c1nc(SCC(=O)N(CCc2ccccc2)Cc2ccccc2)n[nH]1. The summed E-state index contributed by atoms with van der Waals surface area (Å²) in [5, 5.41) is 7.77. The van der Waals surface area contributed by atoms with Gasteiger partial charge in [-0.2, -0.15) is 0 Å². The van der Waals surface area contributed by atoms with Crippen LogP contribution in [-0.4, -0.2) is 38.3 Å². The zero-order chi connectivity index (χ0) is 19.8. The highest BCUT2D eigenvalue weighted by Crippen LogP contribution is 2.17. The maximum Gasteiger partial charge on any atom is 0.233 e. The average molecular weight is 395 g/mol. The van der Waals surface area contributed by atoms with Crippen molar-refractivity contribution in [2.45, 2.75) is 37.9 Å². The number of aromatic amines is 1. The van der Waals surface area contributed by atoms with Gasteiger partial charge in [0.15, 0.2) is 0 Å². The van der Waals surface area contributed by atoms with Crippen LogP contribution in [0.5, 0.6) is 0 Å². The molecule has 2 aromatic carbocycles. The topological polar surface area (TPSA) is 61.9 Å². The molecule has 3 rings (SSSR count). The summed E-state index contributed by atoms with van der Waals surface area (Å²) in [6.45, 7) is 5.42. The minimum Gasteiger partial charge on any atom is -0.337 e. The van der Waals surface area contributed by atoms with Crippen LogP contribution < -0.4 is 0 Å². The second kappa shape index (κ2) is 10.1. The van der Waals surface area contributed by atoms with E-state index in [-0.39, 0.29) is 11.8 Å². The normalized spacial score (nSPS) is 11.0. The quantitative estimate of drug-likeness (QED) is 0.550. The molecule has 0 atom stereocenters. The third-order valence-electron chi connectivity index (χ3n) is 4.44. The van der Waals surface area contributed by atoms with E-state index in [2.05, 4.69) is 53.3 Å². The highest BCUT2D eigenvalue weighted by Gasteiger charge is 2.16. The number of amides is 1. The number of nitrogens with one attached hydrogen (secondary N) is 1. The van der Waals surface area contributed by atoms with Gasteiger partial charge in [-0.25, -0.2) is 4.98 Å². The Morgan fingerprint density at radius 3 is 2.29 bits per heavy atom. The summed E-state index contributed by atoms with van der Waals surface area (Å²) in [5.41, 5.74) is 2.37. The third-order valence-corrected chi connectivity index (χ3v) is 5.27. The maximum atomic E-state index is 12.9. The fourth-order valence-corrected chi connectivity index (χ4v) is 3.51. The van der Waals surface area contributed by atoms with Crippen molar-refractivity contribution in [1.82, 2.24) is 20.1 Å². The van der Waals surface area contributed by atoms with Crippen LogP contribution in [0.1, 0.15) is 36.7 Å². The van der Waals surface area contributed by atoms with Gasteiger partial charge in [-0.3, -0.25) is 9.89 Å². The first-order valence-electron chi connectivity index (χ1n) is 9.52. The van der Waals surface area contributed by atoms with Crippen LogP contribution in [0.3, 0.4) is 0 Å². The molecule has 0 aliphatic rings. The molecule has 0 spiro atoms. The van der Waals surface area contributed by atoms with E-state index in [1.54, 1.807) is 0 Å². The van der Waals surface area contributed by atoms with Gasteiger partial charge in [0.1, 0.15) is 5.82 Å².